The molecule has 32 heavy (non-hydrogen) atoms. The number of rotatable bonds is 7. The molecule has 7 nitrogen and oxygen atoms in total. The van der Waals surface area contributed by atoms with Crippen molar-refractivity contribution in [1.82, 2.24) is 15.6 Å². The molecule has 170 valence electrons. The molecule has 0 saturated carbocycles. The number of hydrogen-bond donors (Lipinski definition) is 2. The van der Waals surface area contributed by atoms with E-state index in [1.54, 1.807) is 12.3 Å². The smallest absolute Gasteiger partial charge is 0.387 e. The average Bonchev–Trinajstić information content (AvgIpc) is 3.22. The average molecular weight is 556 g/mol. The highest BCUT2D eigenvalue weighted by atomic mass is 127. The van der Waals surface area contributed by atoms with Gasteiger partial charge in [0.1, 0.15) is 5.75 Å². The molecule has 2 N–H and O–H groups in total. The Morgan fingerprint density at radius 3 is 2.72 bits per heavy atom. The van der Waals surface area contributed by atoms with E-state index < -0.39 is 6.61 Å². The minimum Gasteiger partial charge on any atom is -0.454 e. The largest absolute Gasteiger partial charge is 0.454 e. The molecule has 0 spiro atoms. The summed E-state index contributed by atoms with van der Waals surface area (Å²) in [4.78, 5) is 8.98. The molecule has 0 bridgehead atoms. The van der Waals surface area contributed by atoms with Gasteiger partial charge >= 0.3 is 6.61 Å². The number of benzene rings is 2. The summed E-state index contributed by atoms with van der Waals surface area (Å²) in [6.45, 7) is 0.228. The fourth-order valence-electron chi connectivity index (χ4n) is 3.29. The zero-order valence-electron chi connectivity index (χ0n) is 17.3. The fourth-order valence-corrected chi connectivity index (χ4v) is 3.29. The first-order valence-electron chi connectivity index (χ1n) is 9.86. The lowest BCUT2D eigenvalue weighted by molar-refractivity contribution is -0.0505. The van der Waals surface area contributed by atoms with Crippen LogP contribution in [0.15, 0.2) is 53.7 Å². The number of alkyl halides is 2. The third kappa shape index (κ3) is 5.67. The second-order valence-corrected chi connectivity index (χ2v) is 6.72. The number of fused-ring (bicyclic) bond motifs is 2. The molecule has 1 aliphatic heterocycles. The molecule has 0 radical (unpaired) electrons. The van der Waals surface area contributed by atoms with Crippen LogP contribution in [0.4, 0.5) is 8.78 Å². The highest BCUT2D eigenvalue weighted by molar-refractivity contribution is 14.0. The SMILES string of the molecule is CCNC(=NCc1cc2c(cc1OC(F)F)OCO2)NCc1nccc2ccccc12.I. The molecule has 0 fully saturated rings. The second-order valence-electron chi connectivity index (χ2n) is 6.72. The zero-order valence-corrected chi connectivity index (χ0v) is 19.6. The molecule has 0 aliphatic carbocycles. The van der Waals surface area contributed by atoms with Gasteiger partial charge in [0.2, 0.25) is 6.79 Å². The number of pyridine rings is 1. The van der Waals surface area contributed by atoms with Crippen molar-refractivity contribution < 1.29 is 23.0 Å². The fraction of sp³-hybridized carbons (Fsp3) is 0.273. The second kappa shape index (κ2) is 11.1. The monoisotopic (exact) mass is 556 g/mol. The first kappa shape index (κ1) is 23.8. The van der Waals surface area contributed by atoms with Gasteiger partial charge in [0.25, 0.3) is 0 Å². The van der Waals surface area contributed by atoms with Gasteiger partial charge in [0.05, 0.1) is 18.8 Å². The van der Waals surface area contributed by atoms with Crippen LogP contribution in [-0.4, -0.2) is 30.9 Å². The quantitative estimate of drug-likeness (QED) is 0.255. The number of aliphatic imine (C=N–C) groups is 1. The van der Waals surface area contributed by atoms with E-state index in [1.165, 1.54) is 6.07 Å². The zero-order chi connectivity index (χ0) is 21.6. The summed E-state index contributed by atoms with van der Waals surface area (Å²) in [6, 6.07) is 13.0. The Balaban J connectivity index is 0.00000289. The third-order valence-corrected chi connectivity index (χ3v) is 4.70. The van der Waals surface area contributed by atoms with Crippen LogP contribution in [0.25, 0.3) is 10.8 Å². The third-order valence-electron chi connectivity index (χ3n) is 4.70. The van der Waals surface area contributed by atoms with E-state index in [9.17, 15) is 8.78 Å². The minimum absolute atomic E-state index is 0. The lowest BCUT2D eigenvalue weighted by Gasteiger charge is -2.14. The first-order chi connectivity index (χ1) is 15.1. The molecule has 2 heterocycles. The highest BCUT2D eigenvalue weighted by Gasteiger charge is 2.20. The standard InChI is InChI=1S/C22H22F2N4O3.HI/c1-2-25-22(28-12-17-16-6-4-3-5-14(16)7-8-26-17)27-11-15-9-19-20(30-13-29-19)10-18(15)31-21(23)24;/h3-10,21H,2,11-13H2,1H3,(H2,25,27,28);1H. The van der Waals surface area contributed by atoms with Crippen LogP contribution in [0.1, 0.15) is 18.2 Å². The van der Waals surface area contributed by atoms with E-state index in [-0.39, 0.29) is 43.1 Å². The van der Waals surface area contributed by atoms with Gasteiger partial charge in [-0.1, -0.05) is 24.3 Å². The minimum atomic E-state index is -2.95. The molecular formula is C22H23F2IN4O3. The number of hydrogen-bond acceptors (Lipinski definition) is 5. The number of ether oxygens (including phenoxy) is 3. The first-order valence-corrected chi connectivity index (χ1v) is 9.86. The molecule has 1 aromatic heterocycles. The van der Waals surface area contributed by atoms with E-state index in [0.717, 1.165) is 16.5 Å². The van der Waals surface area contributed by atoms with Crippen LogP contribution in [0, 0.1) is 0 Å². The molecular weight excluding hydrogens is 533 g/mol. The van der Waals surface area contributed by atoms with Crippen molar-refractivity contribution in [3.63, 3.8) is 0 Å². The maximum atomic E-state index is 12.8. The summed E-state index contributed by atoms with van der Waals surface area (Å²) < 4.78 is 40.9. The molecule has 2 aromatic carbocycles. The maximum absolute atomic E-state index is 12.8. The van der Waals surface area contributed by atoms with Crippen molar-refractivity contribution in [3.05, 3.63) is 59.9 Å². The summed E-state index contributed by atoms with van der Waals surface area (Å²) in [5.41, 5.74) is 1.35. The van der Waals surface area contributed by atoms with Gasteiger partial charge in [-0.05, 0) is 24.4 Å². The Morgan fingerprint density at radius 2 is 1.94 bits per heavy atom. The van der Waals surface area contributed by atoms with Crippen LogP contribution in [0.5, 0.6) is 17.2 Å². The number of aromatic nitrogens is 1. The van der Waals surface area contributed by atoms with Crippen LogP contribution in [0.3, 0.4) is 0 Å². The van der Waals surface area contributed by atoms with Crippen molar-refractivity contribution in [2.24, 2.45) is 4.99 Å². The lowest BCUT2D eigenvalue weighted by atomic mass is 10.1. The Kier molecular flexibility index (Phi) is 8.26. The topological polar surface area (TPSA) is 77.0 Å². The van der Waals surface area contributed by atoms with Crippen molar-refractivity contribution in [2.75, 3.05) is 13.3 Å². The predicted octanol–water partition coefficient (Wildman–Crippen LogP) is 4.44. The molecule has 10 heteroatoms. The normalized spacial score (nSPS) is 12.6. The van der Waals surface area contributed by atoms with Gasteiger partial charge in [-0.15, -0.1) is 24.0 Å². The van der Waals surface area contributed by atoms with Crippen LogP contribution in [0.2, 0.25) is 0 Å². The lowest BCUT2D eigenvalue weighted by Crippen LogP contribution is -2.37. The van der Waals surface area contributed by atoms with E-state index in [4.69, 9.17) is 9.47 Å². The van der Waals surface area contributed by atoms with Crippen molar-refractivity contribution >= 4 is 40.7 Å². The van der Waals surface area contributed by atoms with E-state index in [2.05, 4.69) is 25.3 Å². The van der Waals surface area contributed by atoms with Gasteiger partial charge < -0.3 is 24.8 Å². The number of nitrogens with one attached hydrogen (secondary N) is 2. The van der Waals surface area contributed by atoms with Crippen molar-refractivity contribution in [2.45, 2.75) is 26.6 Å². The van der Waals surface area contributed by atoms with E-state index >= 15 is 0 Å². The molecule has 3 aromatic rings. The van der Waals surface area contributed by atoms with Gasteiger partial charge in [0, 0.05) is 29.8 Å². The van der Waals surface area contributed by atoms with Crippen molar-refractivity contribution in [3.8, 4) is 17.2 Å². The Labute approximate surface area is 201 Å². The van der Waals surface area contributed by atoms with E-state index in [1.807, 2.05) is 37.3 Å². The number of nitrogens with zero attached hydrogens (tertiary/aromatic N) is 2. The van der Waals surface area contributed by atoms with Gasteiger partial charge in [-0.3, -0.25) is 4.98 Å². The van der Waals surface area contributed by atoms with Crippen LogP contribution >= 0.6 is 24.0 Å². The summed E-state index contributed by atoms with van der Waals surface area (Å²) in [5, 5.41) is 8.55. The molecule has 0 saturated heterocycles. The number of halogens is 3. The van der Waals surface area contributed by atoms with Crippen molar-refractivity contribution in [1.29, 1.82) is 0 Å². The van der Waals surface area contributed by atoms with Gasteiger partial charge in [0.15, 0.2) is 17.5 Å². The van der Waals surface area contributed by atoms with Gasteiger partial charge in [-0.25, -0.2) is 4.99 Å². The molecule has 0 amide bonds. The van der Waals surface area contributed by atoms with E-state index in [0.29, 0.717) is 36.1 Å². The maximum Gasteiger partial charge on any atom is 0.387 e. The highest BCUT2D eigenvalue weighted by Crippen LogP contribution is 2.39. The Morgan fingerprint density at radius 1 is 1.16 bits per heavy atom. The summed E-state index contributed by atoms with van der Waals surface area (Å²) in [7, 11) is 0. The Bertz CT molecular complexity index is 1090. The predicted molar refractivity (Wildman–Crippen MR) is 128 cm³/mol. The molecule has 0 atom stereocenters. The van der Waals surface area contributed by atoms with Gasteiger partial charge in [-0.2, -0.15) is 8.78 Å². The number of guanidine groups is 1. The Hall–Kier alpha value is -2.89. The summed E-state index contributed by atoms with van der Waals surface area (Å²) >= 11 is 0. The van der Waals surface area contributed by atoms with Crippen LogP contribution < -0.4 is 24.8 Å². The molecule has 1 aliphatic rings. The molecule has 0 unspecified atom stereocenters. The summed E-state index contributed by atoms with van der Waals surface area (Å²) in [6.07, 6.45) is 1.77. The molecule has 4 rings (SSSR count). The summed E-state index contributed by atoms with van der Waals surface area (Å²) in [5.74, 6) is 1.38. The van der Waals surface area contributed by atoms with Crippen LogP contribution in [-0.2, 0) is 13.1 Å².